The van der Waals surface area contributed by atoms with Crippen molar-refractivity contribution in [2.75, 3.05) is 7.11 Å². The van der Waals surface area contributed by atoms with E-state index in [-0.39, 0.29) is 0 Å². The van der Waals surface area contributed by atoms with Gasteiger partial charge in [-0.1, -0.05) is 47.5 Å². The number of halogens is 2. The number of furan rings is 1. The van der Waals surface area contributed by atoms with Crippen molar-refractivity contribution in [3.63, 3.8) is 0 Å². The molecule has 1 heterocycles. The van der Waals surface area contributed by atoms with Gasteiger partial charge in [0.15, 0.2) is 0 Å². The standard InChI is InChI=1S/C23H16Cl2N2O3/c1-29-22-11-15-5-3-2-4-14(15)10-19(22)23(28)27-26-13-17-7-9-21(30-17)18-12-16(24)6-8-20(18)25/h2-13H,1H3,(H,27,28). The van der Waals surface area contributed by atoms with E-state index in [1.54, 1.807) is 36.4 Å². The van der Waals surface area contributed by atoms with Gasteiger partial charge in [-0.15, -0.1) is 0 Å². The van der Waals surface area contributed by atoms with Crippen LogP contribution in [0, 0.1) is 0 Å². The smallest absolute Gasteiger partial charge is 0.275 e. The number of hydrogen-bond acceptors (Lipinski definition) is 4. The maximum Gasteiger partial charge on any atom is 0.275 e. The van der Waals surface area contributed by atoms with Crippen LogP contribution < -0.4 is 10.2 Å². The summed E-state index contributed by atoms with van der Waals surface area (Å²) >= 11 is 12.2. The number of hydrogen-bond donors (Lipinski definition) is 1. The molecule has 0 fully saturated rings. The molecule has 0 aliphatic heterocycles. The number of benzene rings is 3. The number of nitrogens with one attached hydrogen (secondary N) is 1. The third-order valence-electron chi connectivity index (χ3n) is 4.49. The molecule has 1 aromatic heterocycles. The molecule has 1 N–H and O–H groups in total. The highest BCUT2D eigenvalue weighted by atomic mass is 35.5. The van der Waals surface area contributed by atoms with Crippen molar-refractivity contribution in [1.82, 2.24) is 5.43 Å². The van der Waals surface area contributed by atoms with E-state index < -0.39 is 5.91 Å². The lowest BCUT2D eigenvalue weighted by atomic mass is 10.1. The van der Waals surface area contributed by atoms with Crippen LogP contribution in [0.2, 0.25) is 10.0 Å². The van der Waals surface area contributed by atoms with Gasteiger partial charge in [-0.05, 0) is 53.2 Å². The highest BCUT2D eigenvalue weighted by molar-refractivity contribution is 6.35. The van der Waals surface area contributed by atoms with E-state index in [2.05, 4.69) is 10.5 Å². The van der Waals surface area contributed by atoms with Crippen molar-refractivity contribution in [3.05, 3.63) is 88.1 Å². The van der Waals surface area contributed by atoms with E-state index >= 15 is 0 Å². The number of rotatable bonds is 5. The number of fused-ring (bicyclic) bond motifs is 1. The Morgan fingerprint density at radius 3 is 2.57 bits per heavy atom. The van der Waals surface area contributed by atoms with Crippen molar-refractivity contribution in [3.8, 4) is 17.1 Å². The molecule has 150 valence electrons. The first-order valence-corrected chi connectivity index (χ1v) is 9.76. The van der Waals surface area contributed by atoms with Gasteiger partial charge >= 0.3 is 0 Å². The molecule has 0 bridgehead atoms. The minimum Gasteiger partial charge on any atom is -0.496 e. The van der Waals surface area contributed by atoms with Gasteiger partial charge in [0.05, 0.1) is 23.9 Å². The lowest BCUT2D eigenvalue weighted by Crippen LogP contribution is -2.18. The maximum absolute atomic E-state index is 12.6. The Labute approximate surface area is 182 Å². The molecule has 5 nitrogen and oxygen atoms in total. The summed E-state index contributed by atoms with van der Waals surface area (Å²) in [6, 6.07) is 19.9. The van der Waals surface area contributed by atoms with E-state index in [4.69, 9.17) is 32.4 Å². The molecule has 30 heavy (non-hydrogen) atoms. The van der Waals surface area contributed by atoms with Crippen LogP contribution in [0.25, 0.3) is 22.1 Å². The van der Waals surface area contributed by atoms with E-state index in [9.17, 15) is 4.79 Å². The van der Waals surface area contributed by atoms with Crippen molar-refractivity contribution in [1.29, 1.82) is 0 Å². The molecule has 4 rings (SSSR count). The molecule has 4 aromatic rings. The molecule has 1 amide bonds. The largest absolute Gasteiger partial charge is 0.496 e. The van der Waals surface area contributed by atoms with Gasteiger partial charge in [-0.3, -0.25) is 4.79 Å². The first kappa shape index (κ1) is 20.0. The minimum atomic E-state index is -0.390. The van der Waals surface area contributed by atoms with Crippen LogP contribution >= 0.6 is 23.2 Å². The average molecular weight is 439 g/mol. The van der Waals surface area contributed by atoms with Crippen LogP contribution in [0.15, 0.2) is 76.2 Å². The molecule has 0 spiro atoms. The van der Waals surface area contributed by atoms with E-state index in [1.165, 1.54) is 13.3 Å². The van der Waals surface area contributed by atoms with Gasteiger partial charge in [0.1, 0.15) is 17.3 Å². The minimum absolute atomic E-state index is 0.388. The van der Waals surface area contributed by atoms with E-state index in [1.807, 2.05) is 30.3 Å². The van der Waals surface area contributed by atoms with Gasteiger partial charge in [-0.2, -0.15) is 5.10 Å². The number of nitrogens with zero attached hydrogens (tertiary/aromatic N) is 1. The second kappa shape index (κ2) is 8.61. The fourth-order valence-corrected chi connectivity index (χ4v) is 3.42. The van der Waals surface area contributed by atoms with E-state index in [0.29, 0.717) is 38.4 Å². The zero-order valence-electron chi connectivity index (χ0n) is 15.9. The van der Waals surface area contributed by atoms with Gasteiger partial charge < -0.3 is 9.15 Å². The Balaban J connectivity index is 1.51. The van der Waals surface area contributed by atoms with Gasteiger partial charge in [0.25, 0.3) is 5.91 Å². The van der Waals surface area contributed by atoms with Crippen LogP contribution in [0.5, 0.6) is 5.75 Å². The average Bonchev–Trinajstić information content (AvgIpc) is 3.23. The quantitative estimate of drug-likeness (QED) is 0.298. The van der Waals surface area contributed by atoms with Crippen LogP contribution in [-0.4, -0.2) is 19.2 Å². The van der Waals surface area contributed by atoms with Crippen LogP contribution in [0.4, 0.5) is 0 Å². The Bertz CT molecular complexity index is 1260. The normalized spacial score (nSPS) is 11.2. The van der Waals surface area contributed by atoms with Gasteiger partial charge in [-0.25, -0.2) is 5.43 Å². The third-order valence-corrected chi connectivity index (χ3v) is 5.06. The number of ether oxygens (including phenoxy) is 1. The summed E-state index contributed by atoms with van der Waals surface area (Å²) in [5.74, 6) is 1.08. The third kappa shape index (κ3) is 4.17. The van der Waals surface area contributed by atoms with Crippen molar-refractivity contribution >= 4 is 46.1 Å². The lowest BCUT2D eigenvalue weighted by molar-refractivity contribution is 0.0952. The SMILES string of the molecule is COc1cc2ccccc2cc1C(=O)NN=Cc1ccc(-c2cc(Cl)ccc2Cl)o1. The Hall–Kier alpha value is -3.28. The highest BCUT2D eigenvalue weighted by Gasteiger charge is 2.13. The van der Waals surface area contributed by atoms with Gasteiger partial charge in [0.2, 0.25) is 0 Å². The molecule has 7 heteroatoms. The molecular weight excluding hydrogens is 423 g/mol. The number of carbonyl (C=O) groups excluding carboxylic acids is 1. The summed E-state index contributed by atoms with van der Waals surface area (Å²) in [5, 5.41) is 6.98. The molecule has 0 aliphatic rings. The number of hydrazone groups is 1. The first-order valence-electron chi connectivity index (χ1n) is 9.00. The number of amides is 1. The van der Waals surface area contributed by atoms with Crippen LogP contribution in [0.1, 0.15) is 16.1 Å². The Morgan fingerprint density at radius 1 is 1.03 bits per heavy atom. The zero-order valence-corrected chi connectivity index (χ0v) is 17.4. The van der Waals surface area contributed by atoms with Crippen LogP contribution in [0.3, 0.4) is 0 Å². The maximum atomic E-state index is 12.6. The fraction of sp³-hybridized carbons (Fsp3) is 0.0435. The fourth-order valence-electron chi connectivity index (χ4n) is 3.03. The summed E-state index contributed by atoms with van der Waals surface area (Å²) in [5.41, 5.74) is 3.56. The summed E-state index contributed by atoms with van der Waals surface area (Å²) in [6.45, 7) is 0. The van der Waals surface area contributed by atoms with Gasteiger partial charge in [0, 0.05) is 10.6 Å². The Morgan fingerprint density at radius 2 is 1.80 bits per heavy atom. The zero-order chi connectivity index (χ0) is 21.1. The summed E-state index contributed by atoms with van der Waals surface area (Å²) in [6.07, 6.45) is 1.41. The predicted molar refractivity (Wildman–Crippen MR) is 120 cm³/mol. The number of methoxy groups -OCH3 is 1. The second-order valence-corrected chi connectivity index (χ2v) is 7.27. The first-order chi connectivity index (χ1) is 14.5. The lowest BCUT2D eigenvalue weighted by Gasteiger charge is -2.09. The predicted octanol–water partition coefficient (Wildman–Crippen LogP) is 6.18. The summed E-state index contributed by atoms with van der Waals surface area (Å²) in [4.78, 5) is 12.6. The molecule has 0 unspecified atom stereocenters. The molecule has 0 atom stereocenters. The molecule has 0 saturated heterocycles. The molecule has 3 aromatic carbocycles. The summed E-state index contributed by atoms with van der Waals surface area (Å²) < 4.78 is 11.1. The monoisotopic (exact) mass is 438 g/mol. The Kier molecular flexibility index (Phi) is 5.74. The van der Waals surface area contributed by atoms with Crippen molar-refractivity contribution in [2.45, 2.75) is 0 Å². The van der Waals surface area contributed by atoms with Crippen molar-refractivity contribution < 1.29 is 13.9 Å². The summed E-state index contributed by atoms with van der Waals surface area (Å²) in [7, 11) is 1.52. The highest BCUT2D eigenvalue weighted by Crippen LogP contribution is 2.31. The van der Waals surface area contributed by atoms with Crippen molar-refractivity contribution in [2.24, 2.45) is 5.10 Å². The molecule has 0 aliphatic carbocycles. The molecule has 0 radical (unpaired) electrons. The second-order valence-electron chi connectivity index (χ2n) is 6.42. The molecule has 0 saturated carbocycles. The topological polar surface area (TPSA) is 63.8 Å². The van der Waals surface area contributed by atoms with Crippen LogP contribution in [-0.2, 0) is 0 Å². The van der Waals surface area contributed by atoms with E-state index in [0.717, 1.165) is 10.8 Å². The molecular formula is C23H16Cl2N2O3. The number of carbonyl (C=O) groups is 1.